The average molecular weight is 399 g/mol. The number of carbonyl (C=O) groups excluding carboxylic acids is 1. The third-order valence-corrected chi connectivity index (χ3v) is 4.88. The zero-order valence-electron chi connectivity index (χ0n) is 15.3. The summed E-state index contributed by atoms with van der Waals surface area (Å²) in [5.74, 6) is 0.130. The van der Waals surface area contributed by atoms with Gasteiger partial charge in [0.2, 0.25) is 0 Å². The Labute approximate surface area is 165 Å². The maximum absolute atomic E-state index is 12.3. The van der Waals surface area contributed by atoms with Crippen molar-refractivity contribution in [3.63, 3.8) is 0 Å². The molecular weight excluding hydrogens is 381 g/mol. The number of ether oxygens (including phenoxy) is 1. The van der Waals surface area contributed by atoms with E-state index in [-0.39, 0.29) is 17.6 Å². The molecule has 2 atom stereocenters. The lowest BCUT2D eigenvalue weighted by Crippen LogP contribution is -2.47. The van der Waals surface area contributed by atoms with Crippen LogP contribution in [0.1, 0.15) is 39.7 Å². The van der Waals surface area contributed by atoms with E-state index in [0.717, 1.165) is 17.5 Å². The van der Waals surface area contributed by atoms with Gasteiger partial charge in [0, 0.05) is 17.7 Å². The van der Waals surface area contributed by atoms with Crippen molar-refractivity contribution in [3.05, 3.63) is 95.8 Å². The molecule has 0 radical (unpaired) electrons. The summed E-state index contributed by atoms with van der Waals surface area (Å²) in [6.45, 7) is 0. The van der Waals surface area contributed by atoms with Gasteiger partial charge in [-0.1, -0.05) is 35.0 Å². The number of hydrogen-bond donors (Lipinski definition) is 1. The van der Waals surface area contributed by atoms with E-state index in [1.807, 2.05) is 30.3 Å². The second kappa shape index (κ2) is 7.58. The fourth-order valence-electron chi connectivity index (χ4n) is 3.39. The molecule has 1 aliphatic carbocycles. The van der Waals surface area contributed by atoms with Gasteiger partial charge in [0.1, 0.15) is 5.75 Å². The fraction of sp³-hybridized carbons (Fsp3) is 0.182. The predicted molar refractivity (Wildman–Crippen MR) is 100.0 cm³/mol. The second-order valence-corrected chi connectivity index (χ2v) is 6.91. The number of hydrogen-bond acceptors (Lipinski definition) is 2. The summed E-state index contributed by atoms with van der Waals surface area (Å²) in [6.07, 6.45) is -0.278. The first kappa shape index (κ1) is 19.0. The van der Waals surface area contributed by atoms with Gasteiger partial charge >= 0.3 is 12.3 Å². The van der Waals surface area contributed by atoms with Crippen molar-refractivity contribution in [1.82, 2.24) is 0 Å². The lowest BCUT2D eigenvalue weighted by Gasteiger charge is -2.09. The van der Waals surface area contributed by atoms with Crippen molar-refractivity contribution in [1.29, 1.82) is 0 Å². The minimum absolute atomic E-state index is 0.208. The summed E-state index contributed by atoms with van der Waals surface area (Å²) in [5.41, 5.74) is 5.40. The largest absolute Gasteiger partial charge is 0.573 e. The lowest BCUT2D eigenvalue weighted by atomic mass is 10.0. The van der Waals surface area contributed by atoms with Gasteiger partial charge in [0.15, 0.2) is 12.4 Å². The first-order chi connectivity index (χ1) is 13.9. The van der Waals surface area contributed by atoms with Crippen molar-refractivity contribution in [2.24, 2.45) is 0 Å². The molecule has 1 saturated carbocycles. The zero-order valence-corrected chi connectivity index (χ0v) is 15.3. The Morgan fingerprint density at radius 2 is 1.45 bits per heavy atom. The Balaban J connectivity index is 1.37. The molecule has 0 saturated heterocycles. The molecule has 0 spiro atoms. The van der Waals surface area contributed by atoms with Crippen LogP contribution in [0.25, 0.3) is 0 Å². The number of alkyl halides is 3. The molecule has 1 N–H and O–H groups in total. The summed E-state index contributed by atoms with van der Waals surface area (Å²) in [7, 11) is 0. The first-order valence-electron chi connectivity index (χ1n) is 9.12. The smallest absolute Gasteiger partial charge is 0.406 e. The maximum Gasteiger partial charge on any atom is 0.573 e. The Bertz CT molecular complexity index is 987. The molecule has 1 aliphatic rings. The van der Waals surface area contributed by atoms with E-state index in [1.165, 1.54) is 12.1 Å². The summed E-state index contributed by atoms with van der Waals surface area (Å²) in [6, 6.07) is 18.9. The van der Waals surface area contributed by atoms with Crippen LogP contribution in [0.15, 0.2) is 79.1 Å². The maximum atomic E-state index is 12.3. The van der Waals surface area contributed by atoms with Crippen LogP contribution in [-0.4, -0.2) is 12.3 Å². The molecule has 2 unspecified atom stereocenters. The van der Waals surface area contributed by atoms with Gasteiger partial charge in [0.25, 0.3) is 0 Å². The highest BCUT2D eigenvalue weighted by Crippen LogP contribution is 2.54. The van der Waals surface area contributed by atoms with Crippen LogP contribution in [0, 0.1) is 0 Å². The van der Waals surface area contributed by atoms with E-state index in [2.05, 4.69) is 10.2 Å². The topological polar surface area (TPSA) is 42.2 Å². The Morgan fingerprint density at radius 1 is 0.897 bits per heavy atom. The Kier molecular flexibility index (Phi) is 4.96. The monoisotopic (exact) mass is 399 g/mol. The van der Waals surface area contributed by atoms with Crippen molar-refractivity contribution in [3.8, 4) is 5.75 Å². The van der Waals surface area contributed by atoms with E-state index >= 15 is 0 Å². The number of carbonyl (C=O) groups is 1. The first-order valence-corrected chi connectivity index (χ1v) is 9.12. The van der Waals surface area contributed by atoms with Crippen LogP contribution >= 0.6 is 0 Å². The minimum atomic E-state index is -4.68. The summed E-state index contributed by atoms with van der Waals surface area (Å²) < 4.78 is 42.3. The van der Waals surface area contributed by atoms with Gasteiger partial charge in [-0.25, -0.2) is 0 Å². The zero-order chi connectivity index (χ0) is 20.4. The molecule has 0 aliphatic heterocycles. The molecule has 1 aromatic heterocycles. The van der Waals surface area contributed by atoms with E-state index in [9.17, 15) is 18.0 Å². The van der Waals surface area contributed by atoms with Crippen LogP contribution in [0.3, 0.4) is 0 Å². The Hall–Kier alpha value is -3.35. The van der Waals surface area contributed by atoms with Crippen LogP contribution in [0.4, 0.5) is 13.2 Å². The quantitative estimate of drug-likeness (QED) is 0.641. The average Bonchev–Trinajstić information content (AvgIpc) is 3.49. The SMILES string of the molecule is O=C(N[n+]1ccccc1)c1ccc(C2CC2c2ccc(OC(F)(F)F)cc2)cc1. The van der Waals surface area contributed by atoms with E-state index in [1.54, 1.807) is 41.3 Å². The number of aromatic nitrogens is 1. The second-order valence-electron chi connectivity index (χ2n) is 6.91. The Morgan fingerprint density at radius 3 is 2.00 bits per heavy atom. The molecule has 1 heterocycles. The summed E-state index contributed by atoms with van der Waals surface area (Å²) in [4.78, 5) is 12.3. The number of nitrogens with one attached hydrogen (secondary N) is 1. The fourth-order valence-corrected chi connectivity index (χ4v) is 3.39. The summed E-state index contributed by atoms with van der Waals surface area (Å²) >= 11 is 0. The number of rotatable bonds is 5. The number of benzene rings is 2. The van der Waals surface area contributed by atoms with Crippen molar-refractivity contribution in [2.75, 3.05) is 5.43 Å². The highest BCUT2D eigenvalue weighted by molar-refractivity contribution is 5.98. The molecule has 1 amide bonds. The molecule has 4 rings (SSSR count). The molecule has 3 aromatic rings. The molecule has 7 heteroatoms. The van der Waals surface area contributed by atoms with Crippen LogP contribution in [-0.2, 0) is 0 Å². The third-order valence-electron chi connectivity index (χ3n) is 4.88. The normalized spacial score (nSPS) is 18.2. The molecule has 4 nitrogen and oxygen atoms in total. The van der Waals surface area contributed by atoms with Crippen molar-refractivity contribution in [2.45, 2.75) is 24.6 Å². The number of pyridine rings is 1. The van der Waals surface area contributed by atoms with Gasteiger partial charge in [-0.3, -0.25) is 4.79 Å². The van der Waals surface area contributed by atoms with E-state index < -0.39 is 6.36 Å². The highest BCUT2D eigenvalue weighted by Gasteiger charge is 2.39. The van der Waals surface area contributed by atoms with E-state index in [4.69, 9.17) is 0 Å². The number of amides is 1. The highest BCUT2D eigenvalue weighted by atomic mass is 19.4. The van der Waals surface area contributed by atoms with Crippen molar-refractivity contribution < 1.29 is 27.4 Å². The number of nitrogens with zero attached hydrogens (tertiary/aromatic N) is 1. The van der Waals surface area contributed by atoms with Crippen molar-refractivity contribution >= 4 is 5.91 Å². The van der Waals surface area contributed by atoms with Gasteiger partial charge in [0.05, 0.1) is 0 Å². The minimum Gasteiger partial charge on any atom is -0.406 e. The van der Waals surface area contributed by atoms with Crippen LogP contribution in [0.5, 0.6) is 5.75 Å². The van der Waals surface area contributed by atoms with Gasteiger partial charge in [-0.15, -0.1) is 18.6 Å². The number of halogens is 3. The van der Waals surface area contributed by atoms with Gasteiger partial charge in [-0.05, 0) is 53.6 Å². The molecule has 29 heavy (non-hydrogen) atoms. The molecule has 0 bridgehead atoms. The van der Waals surface area contributed by atoms with Crippen LogP contribution in [0.2, 0.25) is 0 Å². The van der Waals surface area contributed by atoms with Gasteiger partial charge < -0.3 is 4.74 Å². The molecular formula is C22H18F3N2O2+. The predicted octanol–water partition coefficient (Wildman–Crippen LogP) is 4.53. The molecule has 1 fully saturated rings. The lowest BCUT2D eigenvalue weighted by molar-refractivity contribution is -0.641. The third kappa shape index (κ3) is 4.74. The summed E-state index contributed by atoms with van der Waals surface area (Å²) in [5, 5.41) is 0. The van der Waals surface area contributed by atoms with Gasteiger partial charge in [-0.2, -0.15) is 0 Å². The van der Waals surface area contributed by atoms with E-state index in [0.29, 0.717) is 11.5 Å². The standard InChI is InChI=1S/C22H17F3N2O2/c23-22(24,25)29-18-10-8-16(9-11-18)20-14-19(20)15-4-6-17(7-5-15)21(28)26-27-12-2-1-3-13-27/h1-13,19-20H,14H2/p+1. The molecule has 2 aromatic carbocycles. The van der Waals surface area contributed by atoms with Crippen LogP contribution < -0.4 is 14.8 Å². The molecule has 148 valence electrons.